The van der Waals surface area contributed by atoms with E-state index in [9.17, 15) is 4.79 Å². The third-order valence-electron chi connectivity index (χ3n) is 4.44. The first-order valence-electron chi connectivity index (χ1n) is 8.79. The van der Waals surface area contributed by atoms with E-state index in [2.05, 4.69) is 17.0 Å². The largest absolute Gasteiger partial charge is 0.492 e. The van der Waals surface area contributed by atoms with Crippen molar-refractivity contribution in [1.82, 2.24) is 4.90 Å². The van der Waals surface area contributed by atoms with Gasteiger partial charge in [0, 0.05) is 43.3 Å². The average Bonchev–Trinajstić information content (AvgIpc) is 2.67. The molecule has 1 aliphatic rings. The van der Waals surface area contributed by atoms with Gasteiger partial charge in [-0.1, -0.05) is 41.4 Å². The first-order valence-corrected chi connectivity index (χ1v) is 9.55. The molecule has 0 aromatic heterocycles. The highest BCUT2D eigenvalue weighted by molar-refractivity contribution is 6.35. The summed E-state index contributed by atoms with van der Waals surface area (Å²) in [5.41, 5.74) is 1.22. The second-order valence-corrected chi connectivity index (χ2v) is 7.07. The van der Waals surface area contributed by atoms with Gasteiger partial charge >= 0.3 is 0 Å². The van der Waals surface area contributed by atoms with Crippen LogP contribution >= 0.6 is 23.2 Å². The van der Waals surface area contributed by atoms with Crippen molar-refractivity contribution in [3.8, 4) is 5.75 Å². The van der Waals surface area contributed by atoms with Crippen molar-refractivity contribution < 1.29 is 9.53 Å². The van der Waals surface area contributed by atoms with E-state index in [-0.39, 0.29) is 5.91 Å². The Morgan fingerprint density at radius 2 is 1.73 bits per heavy atom. The summed E-state index contributed by atoms with van der Waals surface area (Å²) in [5, 5.41) is 1.06. The van der Waals surface area contributed by atoms with Crippen LogP contribution in [0.2, 0.25) is 10.0 Å². The van der Waals surface area contributed by atoms with E-state index in [4.69, 9.17) is 27.9 Å². The summed E-state index contributed by atoms with van der Waals surface area (Å²) in [5.74, 6) is 0.781. The molecular formula is C20H22Cl2N2O2. The van der Waals surface area contributed by atoms with Crippen molar-refractivity contribution in [3.05, 3.63) is 58.6 Å². The van der Waals surface area contributed by atoms with Gasteiger partial charge in [0.25, 0.3) is 0 Å². The minimum Gasteiger partial charge on any atom is -0.492 e. The van der Waals surface area contributed by atoms with Gasteiger partial charge in [-0.25, -0.2) is 0 Å². The molecule has 26 heavy (non-hydrogen) atoms. The number of halogens is 2. The zero-order valence-corrected chi connectivity index (χ0v) is 16.0. The lowest BCUT2D eigenvalue weighted by molar-refractivity contribution is -0.131. The molecule has 1 amide bonds. The molecule has 0 aliphatic carbocycles. The van der Waals surface area contributed by atoms with Crippen LogP contribution < -0.4 is 9.64 Å². The standard InChI is InChI=1S/C20H22Cl2N2O2/c21-16-8-9-19(18(22)15-16)26-14-4-7-20(25)24-12-10-23(11-13-24)17-5-2-1-3-6-17/h1-3,5-6,8-9,15H,4,7,10-14H2. The highest BCUT2D eigenvalue weighted by Gasteiger charge is 2.20. The van der Waals surface area contributed by atoms with E-state index in [0.29, 0.717) is 35.2 Å². The van der Waals surface area contributed by atoms with Gasteiger partial charge in [0.15, 0.2) is 0 Å². The summed E-state index contributed by atoms with van der Waals surface area (Å²) < 4.78 is 5.63. The van der Waals surface area contributed by atoms with E-state index < -0.39 is 0 Å². The van der Waals surface area contributed by atoms with Crippen LogP contribution in [-0.2, 0) is 4.79 Å². The fourth-order valence-corrected chi connectivity index (χ4v) is 3.47. The number of carbonyl (C=O) groups excluding carboxylic acids is 1. The van der Waals surface area contributed by atoms with Gasteiger partial charge in [0.05, 0.1) is 11.6 Å². The SMILES string of the molecule is O=C(CCCOc1ccc(Cl)cc1Cl)N1CCN(c2ccccc2)CC1. The number of hydrogen-bond donors (Lipinski definition) is 0. The summed E-state index contributed by atoms with van der Waals surface area (Å²) in [6.45, 7) is 3.71. The van der Waals surface area contributed by atoms with Gasteiger partial charge in [0.1, 0.15) is 5.75 Å². The Labute approximate surface area is 164 Å². The number of piperazine rings is 1. The lowest BCUT2D eigenvalue weighted by Crippen LogP contribution is -2.48. The predicted octanol–water partition coefficient (Wildman–Crippen LogP) is 4.50. The normalized spacial score (nSPS) is 14.4. The maximum atomic E-state index is 12.4. The number of anilines is 1. The molecule has 0 spiro atoms. The first-order chi connectivity index (χ1) is 12.6. The number of hydrogen-bond acceptors (Lipinski definition) is 3. The van der Waals surface area contributed by atoms with Gasteiger partial charge in [-0.2, -0.15) is 0 Å². The minimum absolute atomic E-state index is 0.184. The van der Waals surface area contributed by atoms with Gasteiger partial charge < -0.3 is 14.5 Å². The molecule has 0 N–H and O–H groups in total. The van der Waals surface area contributed by atoms with Gasteiger partial charge in [-0.05, 0) is 36.8 Å². The molecular weight excluding hydrogens is 371 g/mol. The maximum absolute atomic E-state index is 12.4. The second kappa shape index (κ2) is 9.15. The monoisotopic (exact) mass is 392 g/mol. The Kier molecular flexibility index (Phi) is 6.64. The summed E-state index contributed by atoms with van der Waals surface area (Å²) in [6, 6.07) is 15.4. The Morgan fingerprint density at radius 1 is 1.00 bits per heavy atom. The van der Waals surface area contributed by atoms with Gasteiger partial charge in [-0.3, -0.25) is 4.79 Å². The number of ether oxygens (including phenoxy) is 1. The third kappa shape index (κ3) is 5.05. The maximum Gasteiger partial charge on any atom is 0.222 e. The van der Waals surface area contributed by atoms with Crippen LogP contribution in [0.5, 0.6) is 5.75 Å². The third-order valence-corrected chi connectivity index (χ3v) is 4.97. The number of carbonyl (C=O) groups is 1. The molecule has 0 unspecified atom stereocenters. The first kappa shape index (κ1) is 18.9. The minimum atomic E-state index is 0.184. The van der Waals surface area contributed by atoms with Crippen LogP contribution in [-0.4, -0.2) is 43.6 Å². The lowest BCUT2D eigenvalue weighted by Gasteiger charge is -2.36. The van der Waals surface area contributed by atoms with Crippen LogP contribution in [0.25, 0.3) is 0 Å². The lowest BCUT2D eigenvalue weighted by atomic mass is 10.2. The Morgan fingerprint density at radius 3 is 2.42 bits per heavy atom. The zero-order valence-electron chi connectivity index (χ0n) is 14.5. The van der Waals surface area contributed by atoms with E-state index in [1.807, 2.05) is 23.1 Å². The van der Waals surface area contributed by atoms with Crippen molar-refractivity contribution in [2.45, 2.75) is 12.8 Å². The van der Waals surface area contributed by atoms with Crippen LogP contribution in [0.4, 0.5) is 5.69 Å². The smallest absolute Gasteiger partial charge is 0.222 e. The Hall–Kier alpha value is -1.91. The molecule has 0 atom stereocenters. The summed E-state index contributed by atoms with van der Waals surface area (Å²) in [7, 11) is 0. The Balaban J connectivity index is 1.38. The second-order valence-electron chi connectivity index (χ2n) is 6.23. The Bertz CT molecular complexity index is 732. The number of nitrogens with zero attached hydrogens (tertiary/aromatic N) is 2. The molecule has 0 saturated carbocycles. The van der Waals surface area contributed by atoms with Crippen LogP contribution in [0.1, 0.15) is 12.8 Å². The van der Waals surface area contributed by atoms with Gasteiger partial charge in [-0.15, -0.1) is 0 Å². The van der Waals surface area contributed by atoms with E-state index >= 15 is 0 Å². The van der Waals surface area contributed by atoms with E-state index in [0.717, 1.165) is 26.2 Å². The summed E-state index contributed by atoms with van der Waals surface area (Å²) >= 11 is 11.9. The molecule has 1 aliphatic heterocycles. The van der Waals surface area contributed by atoms with Crippen molar-refractivity contribution >= 4 is 34.8 Å². The molecule has 4 nitrogen and oxygen atoms in total. The number of para-hydroxylation sites is 1. The average molecular weight is 393 g/mol. The molecule has 0 bridgehead atoms. The molecule has 138 valence electrons. The van der Waals surface area contributed by atoms with Gasteiger partial charge in [0.2, 0.25) is 5.91 Å². The predicted molar refractivity (Wildman–Crippen MR) is 106 cm³/mol. The quantitative estimate of drug-likeness (QED) is 0.678. The van der Waals surface area contributed by atoms with E-state index in [1.54, 1.807) is 18.2 Å². The highest BCUT2D eigenvalue weighted by atomic mass is 35.5. The molecule has 1 heterocycles. The molecule has 6 heteroatoms. The molecule has 2 aromatic carbocycles. The zero-order chi connectivity index (χ0) is 18.4. The van der Waals surface area contributed by atoms with Crippen LogP contribution in [0.15, 0.2) is 48.5 Å². The number of amides is 1. The highest BCUT2D eigenvalue weighted by Crippen LogP contribution is 2.27. The van der Waals surface area contributed by atoms with Crippen LogP contribution in [0.3, 0.4) is 0 Å². The fourth-order valence-electron chi connectivity index (χ4n) is 3.01. The summed E-state index contributed by atoms with van der Waals surface area (Å²) in [4.78, 5) is 16.6. The number of rotatable bonds is 6. The summed E-state index contributed by atoms with van der Waals surface area (Å²) in [6.07, 6.45) is 1.15. The van der Waals surface area contributed by atoms with Crippen molar-refractivity contribution in [3.63, 3.8) is 0 Å². The molecule has 3 rings (SSSR count). The molecule has 1 saturated heterocycles. The van der Waals surface area contributed by atoms with Crippen molar-refractivity contribution in [1.29, 1.82) is 0 Å². The molecule has 2 aromatic rings. The van der Waals surface area contributed by atoms with Crippen molar-refractivity contribution in [2.24, 2.45) is 0 Å². The topological polar surface area (TPSA) is 32.8 Å². The molecule has 1 fully saturated rings. The van der Waals surface area contributed by atoms with E-state index in [1.165, 1.54) is 5.69 Å². The number of benzene rings is 2. The molecule has 0 radical (unpaired) electrons. The van der Waals surface area contributed by atoms with Crippen molar-refractivity contribution in [2.75, 3.05) is 37.7 Å². The fraction of sp³-hybridized carbons (Fsp3) is 0.350. The van der Waals surface area contributed by atoms with Crippen LogP contribution in [0, 0.1) is 0 Å².